The molecule has 0 spiro atoms. The molecule has 4 nitrogen and oxygen atoms in total. The average Bonchev–Trinajstić information content (AvgIpc) is 3.10. The number of nitrogens with zero attached hydrogens (tertiary/aromatic N) is 4. The Balaban J connectivity index is 1.72. The zero-order valence-electron chi connectivity index (χ0n) is 10.8. The van der Waals surface area contributed by atoms with Gasteiger partial charge in [0.25, 0.3) is 0 Å². The fourth-order valence-corrected chi connectivity index (χ4v) is 3.99. The van der Waals surface area contributed by atoms with Gasteiger partial charge in [0, 0.05) is 5.75 Å². The van der Waals surface area contributed by atoms with Crippen molar-refractivity contribution in [3.05, 3.63) is 34.1 Å². The Labute approximate surface area is 129 Å². The molecule has 1 heterocycles. The molecule has 1 aliphatic carbocycles. The van der Waals surface area contributed by atoms with Crippen LogP contribution in [0, 0.1) is 5.82 Å². The molecule has 0 atom stereocenters. The van der Waals surface area contributed by atoms with Crippen molar-refractivity contribution in [2.24, 2.45) is 0 Å². The highest BCUT2D eigenvalue weighted by Crippen LogP contribution is 2.33. The number of thioether (sulfide) groups is 1. The minimum absolute atomic E-state index is 0.238. The van der Waals surface area contributed by atoms with Crippen molar-refractivity contribution < 1.29 is 4.39 Å². The highest BCUT2D eigenvalue weighted by Gasteiger charge is 2.21. The summed E-state index contributed by atoms with van der Waals surface area (Å²) in [5.41, 5.74) is 0.913. The molecular weight excluding hydrogens is 343 g/mol. The zero-order chi connectivity index (χ0) is 13.9. The molecule has 1 aromatic carbocycles. The van der Waals surface area contributed by atoms with Crippen LogP contribution in [0.1, 0.15) is 37.3 Å². The van der Waals surface area contributed by atoms with Gasteiger partial charge in [0.05, 0.1) is 10.5 Å². The highest BCUT2D eigenvalue weighted by atomic mass is 79.9. The van der Waals surface area contributed by atoms with Crippen molar-refractivity contribution in [1.82, 2.24) is 20.2 Å². The van der Waals surface area contributed by atoms with Gasteiger partial charge < -0.3 is 0 Å². The van der Waals surface area contributed by atoms with Crippen LogP contribution in [0.4, 0.5) is 4.39 Å². The van der Waals surface area contributed by atoms with Gasteiger partial charge in [-0.05, 0) is 50.8 Å². The van der Waals surface area contributed by atoms with E-state index in [1.165, 1.54) is 18.9 Å². The van der Waals surface area contributed by atoms with Crippen molar-refractivity contribution in [3.63, 3.8) is 0 Å². The van der Waals surface area contributed by atoms with Crippen LogP contribution in [0.5, 0.6) is 0 Å². The summed E-state index contributed by atoms with van der Waals surface area (Å²) in [5, 5.41) is 12.8. The molecule has 20 heavy (non-hydrogen) atoms. The van der Waals surface area contributed by atoms with Gasteiger partial charge in [0.2, 0.25) is 5.16 Å². The number of aromatic nitrogens is 4. The van der Waals surface area contributed by atoms with Gasteiger partial charge in [-0.3, -0.25) is 0 Å². The summed E-state index contributed by atoms with van der Waals surface area (Å²) in [7, 11) is 0. The van der Waals surface area contributed by atoms with Gasteiger partial charge in [-0.25, -0.2) is 9.07 Å². The quantitative estimate of drug-likeness (QED) is 0.777. The van der Waals surface area contributed by atoms with E-state index < -0.39 is 0 Å². The molecular formula is C13H14BrFN4S. The van der Waals surface area contributed by atoms with Gasteiger partial charge in [0.1, 0.15) is 5.82 Å². The fourth-order valence-electron chi connectivity index (χ4n) is 2.46. The Morgan fingerprint density at radius 1 is 1.35 bits per heavy atom. The maximum Gasteiger partial charge on any atom is 0.209 e. The van der Waals surface area contributed by atoms with Crippen LogP contribution in [0.15, 0.2) is 27.8 Å². The molecule has 0 unspecified atom stereocenters. The Kier molecular flexibility index (Phi) is 4.35. The van der Waals surface area contributed by atoms with E-state index in [-0.39, 0.29) is 5.82 Å². The molecule has 0 saturated heterocycles. The van der Waals surface area contributed by atoms with Crippen molar-refractivity contribution in [1.29, 1.82) is 0 Å². The molecule has 0 N–H and O–H groups in total. The van der Waals surface area contributed by atoms with E-state index in [0.717, 1.165) is 23.6 Å². The molecule has 0 aliphatic heterocycles. The monoisotopic (exact) mass is 356 g/mol. The third-order valence-electron chi connectivity index (χ3n) is 3.52. The molecule has 1 aromatic heterocycles. The first kappa shape index (κ1) is 14.0. The van der Waals surface area contributed by atoms with Gasteiger partial charge >= 0.3 is 0 Å². The molecule has 1 fully saturated rings. The standard InChI is InChI=1S/C13H14BrFN4S/c14-12-9(4-3-7-11(12)15)8-20-13-16-17-18-19(13)10-5-1-2-6-10/h3-4,7,10H,1-2,5-6,8H2. The van der Waals surface area contributed by atoms with E-state index in [1.54, 1.807) is 17.8 Å². The molecule has 1 aliphatic rings. The summed E-state index contributed by atoms with van der Waals surface area (Å²) < 4.78 is 15.9. The van der Waals surface area contributed by atoms with Crippen LogP contribution in [-0.4, -0.2) is 20.2 Å². The Bertz CT molecular complexity index is 598. The second kappa shape index (κ2) is 6.22. The second-order valence-electron chi connectivity index (χ2n) is 4.85. The van der Waals surface area contributed by atoms with Gasteiger partial charge in [-0.2, -0.15) is 0 Å². The lowest BCUT2D eigenvalue weighted by Gasteiger charge is -2.11. The smallest absolute Gasteiger partial charge is 0.209 e. The number of hydrogen-bond donors (Lipinski definition) is 0. The minimum Gasteiger partial charge on any atom is -0.217 e. The van der Waals surface area contributed by atoms with Crippen LogP contribution >= 0.6 is 27.7 Å². The molecule has 1 saturated carbocycles. The van der Waals surface area contributed by atoms with Crippen LogP contribution in [-0.2, 0) is 5.75 Å². The van der Waals surface area contributed by atoms with Crippen LogP contribution < -0.4 is 0 Å². The van der Waals surface area contributed by atoms with Crippen LogP contribution in [0.2, 0.25) is 0 Å². The molecule has 2 aromatic rings. The molecule has 3 rings (SSSR count). The zero-order valence-corrected chi connectivity index (χ0v) is 13.2. The maximum absolute atomic E-state index is 13.5. The Morgan fingerprint density at radius 2 is 2.15 bits per heavy atom. The molecule has 0 radical (unpaired) electrons. The predicted octanol–water partition coefficient (Wildman–Crippen LogP) is 3.98. The first-order valence-corrected chi connectivity index (χ1v) is 8.37. The first-order chi connectivity index (χ1) is 9.75. The summed E-state index contributed by atoms with van der Waals surface area (Å²) in [6.07, 6.45) is 4.76. The Morgan fingerprint density at radius 3 is 2.95 bits per heavy atom. The number of rotatable bonds is 4. The summed E-state index contributed by atoms with van der Waals surface area (Å²) in [5.74, 6) is 0.407. The van der Waals surface area contributed by atoms with Crippen LogP contribution in [0.3, 0.4) is 0 Å². The number of benzene rings is 1. The van der Waals surface area contributed by atoms with Crippen molar-refractivity contribution >= 4 is 27.7 Å². The third kappa shape index (κ3) is 2.88. The van der Waals surface area contributed by atoms with Crippen LogP contribution in [0.25, 0.3) is 0 Å². The lowest BCUT2D eigenvalue weighted by atomic mass is 10.2. The molecule has 0 amide bonds. The summed E-state index contributed by atoms with van der Waals surface area (Å²) >= 11 is 4.83. The molecule has 106 valence electrons. The third-order valence-corrected chi connectivity index (χ3v) is 5.39. The lowest BCUT2D eigenvalue weighted by Crippen LogP contribution is -2.08. The molecule has 7 heteroatoms. The average molecular weight is 357 g/mol. The highest BCUT2D eigenvalue weighted by molar-refractivity contribution is 9.10. The van der Waals surface area contributed by atoms with Gasteiger partial charge in [-0.15, -0.1) is 5.10 Å². The van der Waals surface area contributed by atoms with Crippen molar-refractivity contribution in [2.75, 3.05) is 0 Å². The number of halogens is 2. The Hall–Kier alpha value is -0.950. The fraction of sp³-hybridized carbons (Fsp3) is 0.462. The van der Waals surface area contributed by atoms with E-state index >= 15 is 0 Å². The topological polar surface area (TPSA) is 43.6 Å². The second-order valence-corrected chi connectivity index (χ2v) is 6.58. The SMILES string of the molecule is Fc1cccc(CSc2nnnn2C2CCCC2)c1Br. The first-order valence-electron chi connectivity index (χ1n) is 6.59. The van der Waals surface area contributed by atoms with Gasteiger partial charge in [0.15, 0.2) is 0 Å². The summed E-state index contributed by atoms with van der Waals surface area (Å²) in [6, 6.07) is 5.49. The normalized spacial score (nSPS) is 15.9. The van der Waals surface area contributed by atoms with E-state index in [4.69, 9.17) is 0 Å². The predicted molar refractivity (Wildman–Crippen MR) is 79.0 cm³/mol. The molecule has 0 bridgehead atoms. The number of hydrogen-bond acceptors (Lipinski definition) is 4. The summed E-state index contributed by atoms with van der Waals surface area (Å²) in [4.78, 5) is 0. The van der Waals surface area contributed by atoms with E-state index in [1.807, 2.05) is 10.7 Å². The van der Waals surface area contributed by atoms with E-state index in [2.05, 4.69) is 31.5 Å². The number of tetrazole rings is 1. The van der Waals surface area contributed by atoms with Crippen molar-refractivity contribution in [3.8, 4) is 0 Å². The lowest BCUT2D eigenvalue weighted by molar-refractivity contribution is 0.423. The minimum atomic E-state index is -0.238. The summed E-state index contributed by atoms with van der Waals surface area (Å²) in [6.45, 7) is 0. The van der Waals surface area contributed by atoms with Gasteiger partial charge in [-0.1, -0.05) is 36.7 Å². The maximum atomic E-state index is 13.5. The largest absolute Gasteiger partial charge is 0.217 e. The van der Waals surface area contributed by atoms with E-state index in [0.29, 0.717) is 16.3 Å². The van der Waals surface area contributed by atoms with Crippen molar-refractivity contribution in [2.45, 2.75) is 42.6 Å². The van der Waals surface area contributed by atoms with E-state index in [9.17, 15) is 4.39 Å².